The molecule has 0 spiro atoms. The van der Waals surface area contributed by atoms with Gasteiger partial charge in [0, 0.05) is 16.6 Å². The normalized spacial score (nSPS) is 11.1. The molecule has 0 amide bonds. The third-order valence-electron chi connectivity index (χ3n) is 3.49. The number of aromatic carboxylic acids is 1. The van der Waals surface area contributed by atoms with Gasteiger partial charge in [-0.1, -0.05) is 16.6 Å². The van der Waals surface area contributed by atoms with Gasteiger partial charge in [-0.25, -0.2) is 13.2 Å². The van der Waals surface area contributed by atoms with Crippen LogP contribution in [0.4, 0.5) is 5.69 Å². The zero-order chi connectivity index (χ0) is 18.7. The summed E-state index contributed by atoms with van der Waals surface area (Å²) in [4.78, 5) is 10.9. The lowest BCUT2D eigenvalue weighted by Crippen LogP contribution is -2.15. The molecular formula is C16H13N3O5S2. The Bertz CT molecular complexity index is 1030. The maximum Gasteiger partial charge on any atom is 0.335 e. The predicted molar refractivity (Wildman–Crippen MR) is 96.1 cm³/mol. The number of methoxy groups -OCH3 is 1. The molecule has 0 aliphatic carbocycles. The summed E-state index contributed by atoms with van der Waals surface area (Å²) in [5.74, 6) is -1.18. The quantitative estimate of drug-likeness (QED) is 0.663. The highest BCUT2D eigenvalue weighted by atomic mass is 32.2. The van der Waals surface area contributed by atoms with Gasteiger partial charge in [0.05, 0.1) is 12.7 Å². The fourth-order valence-electron chi connectivity index (χ4n) is 2.23. The summed E-state index contributed by atoms with van der Waals surface area (Å²) in [7, 11) is -2.73. The van der Waals surface area contributed by atoms with Crippen molar-refractivity contribution in [2.24, 2.45) is 0 Å². The SMILES string of the molecule is COc1ccc(C(=O)O)cc1S(=O)(=O)Nc1ccc(-c2csnn2)cc1. The van der Waals surface area contributed by atoms with Crippen LogP contribution in [0.25, 0.3) is 11.3 Å². The van der Waals surface area contributed by atoms with E-state index >= 15 is 0 Å². The van der Waals surface area contributed by atoms with Crippen LogP contribution in [0.15, 0.2) is 52.7 Å². The van der Waals surface area contributed by atoms with Crippen LogP contribution in [-0.2, 0) is 10.0 Å². The number of nitrogens with one attached hydrogen (secondary N) is 1. The van der Waals surface area contributed by atoms with Gasteiger partial charge < -0.3 is 9.84 Å². The van der Waals surface area contributed by atoms with Gasteiger partial charge in [0.15, 0.2) is 0 Å². The number of carboxylic acids is 1. The number of carbonyl (C=O) groups is 1. The molecule has 10 heteroatoms. The summed E-state index contributed by atoms with van der Waals surface area (Å²) in [6, 6.07) is 10.2. The van der Waals surface area contributed by atoms with E-state index in [4.69, 9.17) is 9.84 Å². The van der Waals surface area contributed by atoms with Crippen molar-refractivity contribution in [2.45, 2.75) is 4.90 Å². The highest BCUT2D eigenvalue weighted by Crippen LogP contribution is 2.28. The second kappa shape index (κ2) is 7.10. The molecule has 8 nitrogen and oxygen atoms in total. The fraction of sp³-hybridized carbons (Fsp3) is 0.0625. The van der Waals surface area contributed by atoms with E-state index in [-0.39, 0.29) is 16.2 Å². The molecule has 2 N–H and O–H groups in total. The molecule has 0 bridgehead atoms. The Labute approximate surface area is 153 Å². The maximum absolute atomic E-state index is 12.7. The van der Waals surface area contributed by atoms with Gasteiger partial charge in [-0.05, 0) is 41.9 Å². The zero-order valence-electron chi connectivity index (χ0n) is 13.4. The Kier molecular flexibility index (Phi) is 4.87. The lowest BCUT2D eigenvalue weighted by molar-refractivity contribution is 0.0696. The van der Waals surface area contributed by atoms with Crippen LogP contribution >= 0.6 is 11.5 Å². The molecule has 0 saturated carbocycles. The van der Waals surface area contributed by atoms with Crippen LogP contribution in [-0.4, -0.2) is 36.2 Å². The highest BCUT2D eigenvalue weighted by Gasteiger charge is 2.22. The molecule has 134 valence electrons. The van der Waals surface area contributed by atoms with E-state index in [9.17, 15) is 13.2 Å². The van der Waals surface area contributed by atoms with Crippen molar-refractivity contribution in [3.8, 4) is 17.0 Å². The molecule has 3 aromatic rings. The number of aromatic nitrogens is 2. The van der Waals surface area contributed by atoms with Gasteiger partial charge in [0.1, 0.15) is 16.3 Å². The van der Waals surface area contributed by atoms with E-state index in [1.807, 2.05) is 0 Å². The first-order valence-corrected chi connectivity index (χ1v) is 9.54. The van der Waals surface area contributed by atoms with Crippen molar-refractivity contribution in [1.29, 1.82) is 0 Å². The standard InChI is InChI=1S/C16H13N3O5S2/c1-24-14-7-4-11(16(20)21)8-15(14)26(22,23)18-12-5-2-10(3-6-12)13-9-25-19-17-13/h2-9,18H,1H3,(H,20,21). The number of rotatable bonds is 6. The first-order chi connectivity index (χ1) is 12.4. The molecule has 0 atom stereocenters. The van der Waals surface area contributed by atoms with Crippen LogP contribution in [0.1, 0.15) is 10.4 Å². The Hall–Kier alpha value is -2.98. The second-order valence-electron chi connectivity index (χ2n) is 5.14. The van der Waals surface area contributed by atoms with Crippen LogP contribution in [0.3, 0.4) is 0 Å². The van der Waals surface area contributed by atoms with Crippen molar-refractivity contribution >= 4 is 33.2 Å². The van der Waals surface area contributed by atoms with Gasteiger partial charge in [-0.3, -0.25) is 4.72 Å². The summed E-state index contributed by atoms with van der Waals surface area (Å²) in [5.41, 5.74) is 1.66. The Morgan fingerprint density at radius 3 is 2.50 bits per heavy atom. The molecule has 1 heterocycles. The first kappa shape index (κ1) is 17.8. The molecule has 0 fully saturated rings. The van der Waals surface area contributed by atoms with Crippen molar-refractivity contribution in [1.82, 2.24) is 9.59 Å². The van der Waals surface area contributed by atoms with Crippen molar-refractivity contribution in [3.05, 3.63) is 53.4 Å². The van der Waals surface area contributed by atoms with Crippen molar-refractivity contribution in [3.63, 3.8) is 0 Å². The number of ether oxygens (including phenoxy) is 1. The topological polar surface area (TPSA) is 118 Å². The summed E-state index contributed by atoms with van der Waals surface area (Å²) >= 11 is 1.22. The van der Waals surface area contributed by atoms with Crippen molar-refractivity contribution < 1.29 is 23.1 Å². The number of hydrogen-bond acceptors (Lipinski definition) is 7. The van der Waals surface area contributed by atoms with Gasteiger partial charge >= 0.3 is 5.97 Å². The largest absolute Gasteiger partial charge is 0.495 e. The van der Waals surface area contributed by atoms with Crippen molar-refractivity contribution in [2.75, 3.05) is 11.8 Å². The van der Waals surface area contributed by atoms with E-state index in [2.05, 4.69) is 14.3 Å². The molecule has 0 aliphatic heterocycles. The Balaban J connectivity index is 1.91. The second-order valence-corrected chi connectivity index (χ2v) is 7.40. The smallest absolute Gasteiger partial charge is 0.335 e. The molecule has 3 rings (SSSR count). The zero-order valence-corrected chi connectivity index (χ0v) is 15.0. The lowest BCUT2D eigenvalue weighted by Gasteiger charge is -2.12. The van der Waals surface area contributed by atoms with Gasteiger partial charge in [-0.2, -0.15) is 0 Å². The summed E-state index contributed by atoms with van der Waals surface area (Å²) < 4.78 is 36.6. The van der Waals surface area contributed by atoms with Gasteiger partial charge in [0.2, 0.25) is 0 Å². The lowest BCUT2D eigenvalue weighted by atomic mass is 10.2. The summed E-state index contributed by atoms with van der Waals surface area (Å²) in [6.07, 6.45) is 0. The minimum absolute atomic E-state index is 0.0488. The number of benzene rings is 2. The van der Waals surface area contributed by atoms with Gasteiger partial charge in [-0.15, -0.1) is 5.10 Å². The molecule has 0 aliphatic rings. The van der Waals surface area contributed by atoms with Crippen LogP contribution in [0.5, 0.6) is 5.75 Å². The molecule has 1 aromatic heterocycles. The van der Waals surface area contributed by atoms with E-state index in [0.29, 0.717) is 11.4 Å². The number of nitrogens with zero attached hydrogens (tertiary/aromatic N) is 2. The molecule has 0 radical (unpaired) electrons. The molecule has 0 unspecified atom stereocenters. The van der Waals surface area contributed by atoms with Crippen LogP contribution in [0, 0.1) is 0 Å². The average molecular weight is 391 g/mol. The van der Waals surface area contributed by atoms with Gasteiger partial charge in [0.25, 0.3) is 10.0 Å². The number of carboxylic acid groups (broad SMARTS) is 1. The maximum atomic E-state index is 12.7. The molecular weight excluding hydrogens is 378 g/mol. The Morgan fingerprint density at radius 1 is 1.19 bits per heavy atom. The average Bonchev–Trinajstić information content (AvgIpc) is 3.16. The first-order valence-electron chi connectivity index (χ1n) is 7.22. The molecule has 2 aromatic carbocycles. The summed E-state index contributed by atoms with van der Waals surface area (Å²) in [5, 5.41) is 14.8. The number of sulfonamides is 1. The van der Waals surface area contributed by atoms with Crippen LogP contribution in [0.2, 0.25) is 0 Å². The number of hydrogen-bond donors (Lipinski definition) is 2. The predicted octanol–water partition coefficient (Wildman–Crippen LogP) is 2.71. The minimum atomic E-state index is -4.04. The third-order valence-corrected chi connectivity index (χ3v) is 5.40. The van der Waals surface area contributed by atoms with E-state index in [0.717, 1.165) is 11.6 Å². The molecule has 26 heavy (non-hydrogen) atoms. The Morgan fingerprint density at radius 2 is 1.92 bits per heavy atom. The highest BCUT2D eigenvalue weighted by molar-refractivity contribution is 7.92. The fourth-order valence-corrected chi connectivity index (χ4v) is 3.95. The third kappa shape index (κ3) is 3.65. The van der Waals surface area contributed by atoms with E-state index < -0.39 is 16.0 Å². The monoisotopic (exact) mass is 391 g/mol. The minimum Gasteiger partial charge on any atom is -0.495 e. The van der Waals surface area contributed by atoms with E-state index in [1.165, 1.54) is 30.8 Å². The van der Waals surface area contributed by atoms with E-state index in [1.54, 1.807) is 29.6 Å². The molecule has 0 saturated heterocycles. The van der Waals surface area contributed by atoms with Crippen LogP contribution < -0.4 is 9.46 Å². The number of anilines is 1. The summed E-state index contributed by atoms with van der Waals surface area (Å²) in [6.45, 7) is 0.